The minimum Gasteiger partial charge on any atom is -0.491 e. The first-order valence-electron chi connectivity index (χ1n) is 7.02. The molecule has 0 saturated carbocycles. The Hall–Kier alpha value is -2.27. The number of nitrogens with one attached hydrogen (secondary N) is 1. The van der Waals surface area contributed by atoms with Gasteiger partial charge in [0, 0.05) is 0 Å². The molecule has 1 aromatic carbocycles. The molecule has 0 atom stereocenters. The van der Waals surface area contributed by atoms with Crippen LogP contribution in [0.1, 0.15) is 17.9 Å². The molecule has 1 aliphatic rings. The van der Waals surface area contributed by atoms with Gasteiger partial charge in [-0.05, 0) is 31.3 Å². The van der Waals surface area contributed by atoms with E-state index >= 15 is 0 Å². The van der Waals surface area contributed by atoms with Crippen molar-refractivity contribution in [1.29, 1.82) is 0 Å². The molecule has 1 aromatic heterocycles. The van der Waals surface area contributed by atoms with E-state index in [0.717, 1.165) is 23.0 Å². The number of rotatable bonds is 4. The Labute approximate surface area is 123 Å². The summed E-state index contributed by atoms with van der Waals surface area (Å²) in [5, 5.41) is 3.04. The predicted molar refractivity (Wildman–Crippen MR) is 79.2 cm³/mol. The summed E-state index contributed by atoms with van der Waals surface area (Å²) in [4.78, 5) is 14.0. The maximum atomic E-state index is 12.3. The van der Waals surface area contributed by atoms with Gasteiger partial charge in [-0.2, -0.15) is 0 Å². The van der Waals surface area contributed by atoms with Crippen LogP contribution in [-0.4, -0.2) is 19.6 Å². The van der Waals surface area contributed by atoms with E-state index < -0.39 is 0 Å². The van der Waals surface area contributed by atoms with Gasteiger partial charge in [-0.15, -0.1) is 0 Å². The SMILES string of the molecule is CNCc1ccc(CN2C(=O)CCOc3ccccc32)o1. The minimum atomic E-state index is 0.0477. The van der Waals surface area contributed by atoms with Crippen molar-refractivity contribution in [3.05, 3.63) is 47.9 Å². The Kier molecular flexibility index (Phi) is 3.92. The van der Waals surface area contributed by atoms with E-state index in [1.807, 2.05) is 43.4 Å². The predicted octanol–water partition coefficient (Wildman–Crippen LogP) is 2.31. The largest absolute Gasteiger partial charge is 0.491 e. The van der Waals surface area contributed by atoms with Crippen LogP contribution in [0.25, 0.3) is 0 Å². The van der Waals surface area contributed by atoms with Crippen LogP contribution in [0.15, 0.2) is 40.8 Å². The first kappa shape index (κ1) is 13.7. The van der Waals surface area contributed by atoms with Crippen molar-refractivity contribution in [2.24, 2.45) is 0 Å². The van der Waals surface area contributed by atoms with Crippen molar-refractivity contribution in [2.75, 3.05) is 18.6 Å². The molecule has 0 unspecified atom stereocenters. The first-order chi connectivity index (χ1) is 10.3. The van der Waals surface area contributed by atoms with Crippen LogP contribution in [0.3, 0.4) is 0 Å². The van der Waals surface area contributed by atoms with Gasteiger partial charge in [0.1, 0.15) is 17.3 Å². The zero-order valence-electron chi connectivity index (χ0n) is 12.0. The molecule has 1 N–H and O–H groups in total. The second kappa shape index (κ2) is 6.01. The van der Waals surface area contributed by atoms with Crippen LogP contribution >= 0.6 is 0 Å². The molecule has 0 radical (unpaired) electrons. The number of fused-ring (bicyclic) bond motifs is 1. The van der Waals surface area contributed by atoms with Gasteiger partial charge < -0.3 is 19.4 Å². The molecule has 0 bridgehead atoms. The summed E-state index contributed by atoms with van der Waals surface area (Å²) in [6, 6.07) is 11.4. The lowest BCUT2D eigenvalue weighted by molar-refractivity contribution is -0.119. The number of ether oxygens (including phenoxy) is 1. The van der Waals surface area contributed by atoms with Crippen molar-refractivity contribution >= 4 is 11.6 Å². The summed E-state index contributed by atoms with van der Waals surface area (Å²) in [5.41, 5.74) is 0.798. The fraction of sp³-hybridized carbons (Fsp3) is 0.312. The van der Waals surface area contributed by atoms with E-state index in [2.05, 4.69) is 5.32 Å². The molecular formula is C16H18N2O3. The molecular weight excluding hydrogens is 268 g/mol. The second-order valence-electron chi connectivity index (χ2n) is 4.94. The van der Waals surface area contributed by atoms with Gasteiger partial charge in [-0.1, -0.05) is 12.1 Å². The summed E-state index contributed by atoms with van der Waals surface area (Å²) in [6.45, 7) is 1.51. The number of carbonyl (C=O) groups excluding carboxylic acids is 1. The van der Waals surface area contributed by atoms with Crippen LogP contribution in [0, 0.1) is 0 Å². The van der Waals surface area contributed by atoms with Gasteiger partial charge >= 0.3 is 0 Å². The summed E-state index contributed by atoms with van der Waals surface area (Å²) in [5.74, 6) is 2.42. The molecule has 1 amide bonds. The number of furan rings is 1. The van der Waals surface area contributed by atoms with Crippen LogP contribution in [0.2, 0.25) is 0 Å². The second-order valence-corrected chi connectivity index (χ2v) is 4.94. The summed E-state index contributed by atoms with van der Waals surface area (Å²) < 4.78 is 11.4. The zero-order valence-corrected chi connectivity index (χ0v) is 12.0. The van der Waals surface area contributed by atoms with Gasteiger partial charge in [-0.25, -0.2) is 0 Å². The van der Waals surface area contributed by atoms with Crippen molar-refractivity contribution in [3.63, 3.8) is 0 Å². The van der Waals surface area contributed by atoms with E-state index in [1.165, 1.54) is 0 Å². The van der Waals surface area contributed by atoms with E-state index in [-0.39, 0.29) is 5.91 Å². The summed E-state index contributed by atoms with van der Waals surface area (Å²) in [6.07, 6.45) is 0.374. The standard InChI is InChI=1S/C16H18N2O3/c1-17-10-12-6-7-13(21-12)11-18-14-4-2-3-5-15(14)20-9-8-16(18)19/h2-7,17H,8-11H2,1H3. The Morgan fingerprint density at radius 1 is 1.19 bits per heavy atom. The highest BCUT2D eigenvalue weighted by molar-refractivity contribution is 5.95. The van der Waals surface area contributed by atoms with Gasteiger partial charge in [0.25, 0.3) is 0 Å². The number of carbonyl (C=O) groups is 1. The quantitative estimate of drug-likeness (QED) is 0.937. The molecule has 21 heavy (non-hydrogen) atoms. The van der Waals surface area contributed by atoms with E-state index in [4.69, 9.17) is 9.15 Å². The van der Waals surface area contributed by atoms with E-state index in [9.17, 15) is 4.79 Å². The fourth-order valence-corrected chi connectivity index (χ4v) is 2.43. The number of benzene rings is 1. The topological polar surface area (TPSA) is 54.7 Å². The number of amides is 1. The van der Waals surface area contributed by atoms with Gasteiger partial charge in [0.2, 0.25) is 5.91 Å². The molecule has 2 aromatic rings. The normalized spacial score (nSPS) is 14.5. The molecule has 110 valence electrons. The van der Waals surface area contributed by atoms with Gasteiger partial charge in [0.05, 0.1) is 31.8 Å². The highest BCUT2D eigenvalue weighted by Crippen LogP contribution is 2.32. The van der Waals surface area contributed by atoms with E-state index in [1.54, 1.807) is 4.90 Å². The first-order valence-corrected chi connectivity index (χ1v) is 7.02. The lowest BCUT2D eigenvalue weighted by Crippen LogP contribution is -2.29. The maximum absolute atomic E-state index is 12.3. The average molecular weight is 286 g/mol. The summed E-state index contributed by atoms with van der Waals surface area (Å²) in [7, 11) is 1.87. The van der Waals surface area contributed by atoms with Crippen molar-refractivity contribution in [1.82, 2.24) is 5.32 Å². The van der Waals surface area contributed by atoms with Gasteiger partial charge in [0.15, 0.2) is 0 Å². The van der Waals surface area contributed by atoms with Crippen LogP contribution < -0.4 is 15.0 Å². The number of nitrogens with zero attached hydrogens (tertiary/aromatic N) is 1. The highest BCUT2D eigenvalue weighted by atomic mass is 16.5. The Bertz CT molecular complexity index is 636. The number of para-hydroxylation sites is 2. The van der Waals surface area contributed by atoms with Gasteiger partial charge in [-0.3, -0.25) is 4.79 Å². The van der Waals surface area contributed by atoms with Crippen LogP contribution in [0.5, 0.6) is 5.75 Å². The Morgan fingerprint density at radius 3 is 2.86 bits per heavy atom. The third-order valence-corrected chi connectivity index (χ3v) is 3.41. The molecule has 5 nitrogen and oxygen atoms in total. The monoisotopic (exact) mass is 286 g/mol. The molecule has 1 aliphatic heterocycles. The van der Waals surface area contributed by atoms with Crippen molar-refractivity contribution in [3.8, 4) is 5.75 Å². The Balaban J connectivity index is 1.86. The molecule has 0 fully saturated rings. The zero-order chi connectivity index (χ0) is 14.7. The number of hydrogen-bond donors (Lipinski definition) is 1. The molecule has 0 spiro atoms. The molecule has 5 heteroatoms. The maximum Gasteiger partial charge on any atom is 0.230 e. The number of anilines is 1. The van der Waals surface area contributed by atoms with Crippen molar-refractivity contribution in [2.45, 2.75) is 19.5 Å². The average Bonchev–Trinajstić information content (AvgIpc) is 2.86. The summed E-state index contributed by atoms with van der Waals surface area (Å²) >= 11 is 0. The minimum absolute atomic E-state index is 0.0477. The molecule has 0 saturated heterocycles. The highest BCUT2D eigenvalue weighted by Gasteiger charge is 2.24. The van der Waals surface area contributed by atoms with E-state index in [0.29, 0.717) is 26.1 Å². The number of hydrogen-bond acceptors (Lipinski definition) is 4. The van der Waals surface area contributed by atoms with Crippen LogP contribution in [-0.2, 0) is 17.9 Å². The fourth-order valence-electron chi connectivity index (χ4n) is 2.43. The lowest BCUT2D eigenvalue weighted by Gasteiger charge is -2.20. The molecule has 3 rings (SSSR count). The van der Waals surface area contributed by atoms with Crippen LogP contribution in [0.4, 0.5) is 5.69 Å². The smallest absolute Gasteiger partial charge is 0.230 e. The lowest BCUT2D eigenvalue weighted by atomic mass is 10.2. The molecule has 0 aliphatic carbocycles. The third kappa shape index (κ3) is 2.92. The molecule has 2 heterocycles. The van der Waals surface area contributed by atoms with Crippen molar-refractivity contribution < 1.29 is 13.9 Å². The Morgan fingerprint density at radius 2 is 2.00 bits per heavy atom. The third-order valence-electron chi connectivity index (χ3n) is 3.41.